The van der Waals surface area contributed by atoms with Crippen LogP contribution >= 0.6 is 0 Å². The number of nitrogens with zero attached hydrogens (tertiary/aromatic N) is 2. The van der Waals surface area contributed by atoms with Crippen molar-refractivity contribution in [3.05, 3.63) is 194 Å². The van der Waals surface area contributed by atoms with Crippen molar-refractivity contribution in [2.45, 2.75) is 0 Å². The van der Waals surface area contributed by atoms with Crippen LogP contribution in [0.4, 0.5) is 0 Å². The van der Waals surface area contributed by atoms with Crippen molar-refractivity contribution in [2.24, 2.45) is 0 Å². The van der Waals surface area contributed by atoms with Gasteiger partial charge in [-0.15, -0.1) is 0 Å². The zero-order valence-electron chi connectivity index (χ0n) is 27.8. The number of pyridine rings is 1. The molecule has 0 radical (unpaired) electrons. The highest BCUT2D eigenvalue weighted by molar-refractivity contribution is 7.19. The topological polar surface area (TPSA) is 31.0 Å². The average molecular weight is 669 g/mol. The molecule has 0 aliphatic rings. The fourth-order valence-corrected chi connectivity index (χ4v) is 12.9. The maximum atomic E-state index is 6.11. The van der Waals surface area contributed by atoms with Crippen molar-refractivity contribution in [2.75, 3.05) is 0 Å². The standard InChI is InChI=1S/C47H32N2OSi/c1-4-16-35(17-5-1)51(36-18-6-2-7-19-36,37-20-8-3-9-21-37)38-22-14-15-33(31-38)34-27-28-43-41(32-34)39-23-10-12-25-42(39)49(43)46-30-29-45-47(48-46)40-24-11-13-26-44(40)50-45/h1-32H. The molecule has 0 aliphatic carbocycles. The predicted octanol–water partition coefficient (Wildman–Crippen LogP) is 9.12. The summed E-state index contributed by atoms with van der Waals surface area (Å²) in [6.45, 7) is 0. The summed E-state index contributed by atoms with van der Waals surface area (Å²) in [7, 11) is -2.66. The van der Waals surface area contributed by atoms with E-state index in [1.165, 1.54) is 42.6 Å². The minimum atomic E-state index is -2.66. The Morgan fingerprint density at radius 2 is 0.961 bits per heavy atom. The number of aromatic nitrogens is 2. The fraction of sp³-hybridized carbons (Fsp3) is 0. The number of para-hydroxylation sites is 2. The molecule has 0 unspecified atom stereocenters. The maximum Gasteiger partial charge on any atom is 0.179 e. The van der Waals surface area contributed by atoms with Crippen molar-refractivity contribution < 1.29 is 4.42 Å². The van der Waals surface area contributed by atoms with Gasteiger partial charge in [0, 0.05) is 16.2 Å². The van der Waals surface area contributed by atoms with E-state index < -0.39 is 8.07 Å². The molecule has 3 aromatic heterocycles. The molecule has 3 nitrogen and oxygen atoms in total. The molecule has 0 spiro atoms. The second-order valence-corrected chi connectivity index (χ2v) is 16.9. The number of hydrogen-bond acceptors (Lipinski definition) is 2. The normalized spacial score (nSPS) is 11.9. The van der Waals surface area contributed by atoms with E-state index in [4.69, 9.17) is 9.40 Å². The zero-order valence-corrected chi connectivity index (χ0v) is 28.8. The highest BCUT2D eigenvalue weighted by atomic mass is 28.3. The summed E-state index contributed by atoms with van der Waals surface area (Å²) in [6, 6.07) is 70.3. The third-order valence-electron chi connectivity index (χ3n) is 10.4. The second kappa shape index (κ2) is 11.8. The van der Waals surface area contributed by atoms with E-state index in [-0.39, 0.29) is 0 Å². The van der Waals surface area contributed by atoms with Gasteiger partial charge in [0.15, 0.2) is 13.7 Å². The first-order valence-corrected chi connectivity index (χ1v) is 19.4. The quantitative estimate of drug-likeness (QED) is 0.131. The molecule has 240 valence electrons. The van der Waals surface area contributed by atoms with Gasteiger partial charge < -0.3 is 4.42 Å². The number of benzene rings is 7. The Balaban J connectivity index is 1.17. The van der Waals surface area contributed by atoms with Crippen LogP contribution in [0.2, 0.25) is 0 Å². The number of hydrogen-bond donors (Lipinski definition) is 0. The van der Waals surface area contributed by atoms with Gasteiger partial charge in [-0.1, -0.05) is 152 Å². The average Bonchev–Trinajstić information content (AvgIpc) is 3.75. The molecule has 0 aliphatic heterocycles. The Hall–Kier alpha value is -6.49. The van der Waals surface area contributed by atoms with Crippen LogP contribution in [0.3, 0.4) is 0 Å². The lowest BCUT2D eigenvalue weighted by Gasteiger charge is -2.34. The summed E-state index contributed by atoms with van der Waals surface area (Å²) in [5.74, 6) is 0.874. The SMILES string of the molecule is c1ccc([Si](c2ccccc2)(c2ccccc2)c2cccc(-c3ccc4c(c3)c3ccccc3n4-c3ccc4oc5ccccc5c4n3)c2)cc1. The molecule has 4 heteroatoms. The van der Waals surface area contributed by atoms with Crippen molar-refractivity contribution in [1.29, 1.82) is 0 Å². The summed E-state index contributed by atoms with van der Waals surface area (Å²) in [5, 5.41) is 8.89. The van der Waals surface area contributed by atoms with Crippen LogP contribution in [0.25, 0.3) is 60.8 Å². The third-order valence-corrected chi connectivity index (χ3v) is 15.1. The maximum absolute atomic E-state index is 6.11. The Morgan fingerprint density at radius 1 is 0.392 bits per heavy atom. The molecule has 0 N–H and O–H groups in total. The first-order valence-electron chi connectivity index (χ1n) is 17.4. The van der Waals surface area contributed by atoms with Gasteiger partial charge in [-0.3, -0.25) is 4.57 Å². The van der Waals surface area contributed by atoms with E-state index in [0.29, 0.717) is 0 Å². The Bertz CT molecular complexity index is 2760. The summed E-state index contributed by atoms with van der Waals surface area (Å²) >= 11 is 0. The molecule has 0 fully saturated rings. The lowest BCUT2D eigenvalue weighted by Crippen LogP contribution is -2.74. The van der Waals surface area contributed by atoms with Crippen LogP contribution in [0.5, 0.6) is 0 Å². The molecule has 0 amide bonds. The molecule has 3 heterocycles. The number of furan rings is 1. The van der Waals surface area contributed by atoms with Crippen LogP contribution < -0.4 is 20.7 Å². The second-order valence-electron chi connectivity index (χ2n) is 13.1. The van der Waals surface area contributed by atoms with E-state index in [2.05, 4.69) is 174 Å². The molecule has 7 aromatic carbocycles. The van der Waals surface area contributed by atoms with Gasteiger partial charge in [0.05, 0.1) is 11.0 Å². The summed E-state index contributed by atoms with van der Waals surface area (Å²) in [6.07, 6.45) is 0. The molecule has 0 bridgehead atoms. The van der Waals surface area contributed by atoms with E-state index >= 15 is 0 Å². The first-order chi connectivity index (χ1) is 25.3. The molecular formula is C47H32N2OSi. The van der Waals surface area contributed by atoms with Gasteiger partial charge in [-0.05, 0) is 74.3 Å². The van der Waals surface area contributed by atoms with Gasteiger partial charge >= 0.3 is 0 Å². The van der Waals surface area contributed by atoms with E-state index in [9.17, 15) is 0 Å². The van der Waals surface area contributed by atoms with Crippen LogP contribution in [0, 0.1) is 0 Å². The number of fused-ring (bicyclic) bond motifs is 6. The van der Waals surface area contributed by atoms with Gasteiger partial charge in [-0.25, -0.2) is 4.98 Å². The first kappa shape index (κ1) is 29.4. The van der Waals surface area contributed by atoms with Gasteiger partial charge in [0.2, 0.25) is 0 Å². The Labute approximate surface area is 296 Å². The molecule has 0 saturated carbocycles. The summed E-state index contributed by atoms with van der Waals surface area (Å²) in [4.78, 5) is 5.19. The smallest absolute Gasteiger partial charge is 0.179 e. The van der Waals surface area contributed by atoms with Crippen LogP contribution in [0.1, 0.15) is 0 Å². The molecule has 51 heavy (non-hydrogen) atoms. The summed E-state index contributed by atoms with van der Waals surface area (Å²) in [5.41, 5.74) is 7.17. The largest absolute Gasteiger partial charge is 0.454 e. The lowest BCUT2D eigenvalue weighted by molar-refractivity contribution is 0.668. The fourth-order valence-electron chi connectivity index (χ4n) is 8.10. The Kier molecular flexibility index (Phi) is 6.83. The molecule has 0 saturated heterocycles. The van der Waals surface area contributed by atoms with Gasteiger partial charge in [-0.2, -0.15) is 0 Å². The minimum Gasteiger partial charge on any atom is -0.454 e. The zero-order chi connectivity index (χ0) is 33.8. The predicted molar refractivity (Wildman–Crippen MR) is 215 cm³/mol. The van der Waals surface area contributed by atoms with Crippen LogP contribution in [-0.4, -0.2) is 17.6 Å². The van der Waals surface area contributed by atoms with Crippen molar-refractivity contribution >= 4 is 72.7 Å². The molecule has 10 rings (SSSR count). The summed E-state index contributed by atoms with van der Waals surface area (Å²) < 4.78 is 8.40. The molecule has 0 atom stereocenters. The third kappa shape index (κ3) is 4.61. The highest BCUT2D eigenvalue weighted by Crippen LogP contribution is 2.36. The Morgan fingerprint density at radius 3 is 1.67 bits per heavy atom. The lowest BCUT2D eigenvalue weighted by atomic mass is 10.0. The van der Waals surface area contributed by atoms with E-state index in [1.54, 1.807) is 0 Å². The van der Waals surface area contributed by atoms with Crippen molar-refractivity contribution in [3.8, 4) is 16.9 Å². The molecule has 10 aromatic rings. The highest BCUT2D eigenvalue weighted by Gasteiger charge is 2.41. The van der Waals surface area contributed by atoms with E-state index in [1.807, 2.05) is 24.3 Å². The van der Waals surface area contributed by atoms with Crippen molar-refractivity contribution in [3.63, 3.8) is 0 Å². The van der Waals surface area contributed by atoms with Crippen LogP contribution in [-0.2, 0) is 0 Å². The minimum absolute atomic E-state index is 0.795. The van der Waals surface area contributed by atoms with Gasteiger partial charge in [0.25, 0.3) is 0 Å². The monoisotopic (exact) mass is 668 g/mol. The van der Waals surface area contributed by atoms with Crippen molar-refractivity contribution in [1.82, 2.24) is 9.55 Å². The molecular weight excluding hydrogens is 637 g/mol. The van der Waals surface area contributed by atoms with E-state index in [0.717, 1.165) is 38.9 Å². The van der Waals surface area contributed by atoms with Gasteiger partial charge in [0.1, 0.15) is 16.9 Å². The van der Waals surface area contributed by atoms with Crippen LogP contribution in [0.15, 0.2) is 199 Å². The number of rotatable bonds is 6.